The van der Waals surface area contributed by atoms with Gasteiger partial charge in [0.15, 0.2) is 0 Å². The van der Waals surface area contributed by atoms with Crippen LogP contribution in [0.5, 0.6) is 0 Å². The molecule has 1 heterocycles. The highest BCUT2D eigenvalue weighted by atomic mass is 79.9. The second-order valence-corrected chi connectivity index (χ2v) is 7.14. The highest BCUT2D eigenvalue weighted by Crippen LogP contribution is 2.21. The van der Waals surface area contributed by atoms with Crippen molar-refractivity contribution in [2.24, 2.45) is 0 Å². The summed E-state index contributed by atoms with van der Waals surface area (Å²) >= 11 is 3.21. The Morgan fingerprint density at radius 1 is 1.16 bits per heavy atom. The fourth-order valence-electron chi connectivity index (χ4n) is 3.05. The number of amides is 1. The molecule has 2 aromatic carbocycles. The van der Waals surface area contributed by atoms with Crippen molar-refractivity contribution in [1.29, 1.82) is 0 Å². The summed E-state index contributed by atoms with van der Waals surface area (Å²) in [6.07, 6.45) is 0. The Balaban J connectivity index is 1.52. The molecule has 0 saturated carbocycles. The van der Waals surface area contributed by atoms with E-state index >= 15 is 0 Å². The topological polar surface area (TPSA) is 35.6 Å². The van der Waals surface area contributed by atoms with Crippen molar-refractivity contribution in [2.75, 3.05) is 42.9 Å². The predicted molar refractivity (Wildman–Crippen MR) is 103 cm³/mol. The molecular formula is C19H21BrFN3O. The van der Waals surface area contributed by atoms with Gasteiger partial charge >= 0.3 is 0 Å². The summed E-state index contributed by atoms with van der Waals surface area (Å²) in [5, 5.41) is 2.65. The zero-order valence-electron chi connectivity index (χ0n) is 14.1. The van der Waals surface area contributed by atoms with Crippen molar-refractivity contribution in [1.82, 2.24) is 4.90 Å². The number of nitrogens with zero attached hydrogens (tertiary/aromatic N) is 2. The molecule has 0 unspecified atom stereocenters. The number of rotatable bonds is 4. The molecule has 6 heteroatoms. The molecule has 0 atom stereocenters. The molecule has 1 amide bonds. The van der Waals surface area contributed by atoms with E-state index in [1.165, 1.54) is 17.3 Å². The highest BCUT2D eigenvalue weighted by Gasteiger charge is 2.20. The summed E-state index contributed by atoms with van der Waals surface area (Å²) in [5.74, 6) is -0.627. The Kier molecular flexibility index (Phi) is 5.71. The van der Waals surface area contributed by atoms with Gasteiger partial charge in [0.1, 0.15) is 5.82 Å². The first-order chi connectivity index (χ1) is 12.0. The molecule has 25 heavy (non-hydrogen) atoms. The molecule has 1 saturated heterocycles. The Morgan fingerprint density at radius 3 is 2.56 bits per heavy atom. The van der Waals surface area contributed by atoms with Crippen LogP contribution in [0.15, 0.2) is 46.9 Å². The van der Waals surface area contributed by atoms with Gasteiger partial charge in [0, 0.05) is 36.3 Å². The molecule has 0 aliphatic carbocycles. The van der Waals surface area contributed by atoms with Crippen LogP contribution in [0, 0.1) is 12.7 Å². The zero-order chi connectivity index (χ0) is 17.8. The molecule has 1 fully saturated rings. The molecule has 0 aromatic heterocycles. The SMILES string of the molecule is Cc1ccccc1N1CCN(CC(=O)Nc2ccc(Br)cc2F)CC1. The van der Waals surface area contributed by atoms with Gasteiger partial charge in [-0.1, -0.05) is 34.1 Å². The maximum Gasteiger partial charge on any atom is 0.238 e. The van der Waals surface area contributed by atoms with E-state index in [1.54, 1.807) is 12.1 Å². The average molecular weight is 406 g/mol. The number of benzene rings is 2. The summed E-state index contributed by atoms with van der Waals surface area (Å²) in [7, 11) is 0. The fourth-order valence-corrected chi connectivity index (χ4v) is 3.38. The Hall–Kier alpha value is -1.92. The normalized spacial score (nSPS) is 15.2. The molecule has 1 aliphatic heterocycles. The lowest BCUT2D eigenvalue weighted by Crippen LogP contribution is -2.48. The number of halogens is 2. The molecule has 0 spiro atoms. The number of aryl methyl sites for hydroxylation is 1. The second kappa shape index (κ2) is 7.97. The molecule has 4 nitrogen and oxygen atoms in total. The molecule has 2 aromatic rings. The van der Waals surface area contributed by atoms with Gasteiger partial charge in [-0.05, 0) is 36.8 Å². The minimum Gasteiger partial charge on any atom is -0.369 e. The third-order valence-corrected chi connectivity index (χ3v) is 4.89. The van der Waals surface area contributed by atoms with Crippen LogP contribution in [0.3, 0.4) is 0 Å². The summed E-state index contributed by atoms with van der Waals surface area (Å²) in [5.41, 5.74) is 2.73. The number of anilines is 2. The first kappa shape index (κ1) is 17.9. The number of hydrogen-bond donors (Lipinski definition) is 1. The molecule has 0 radical (unpaired) electrons. The highest BCUT2D eigenvalue weighted by molar-refractivity contribution is 9.10. The van der Waals surface area contributed by atoms with E-state index in [4.69, 9.17) is 0 Å². The molecular weight excluding hydrogens is 385 g/mol. The molecule has 132 valence electrons. The molecule has 1 aliphatic rings. The summed E-state index contributed by atoms with van der Waals surface area (Å²) < 4.78 is 14.4. The minimum atomic E-state index is -0.438. The van der Waals surface area contributed by atoms with Crippen molar-refractivity contribution >= 4 is 33.2 Å². The van der Waals surface area contributed by atoms with E-state index in [2.05, 4.69) is 56.2 Å². The van der Waals surface area contributed by atoms with Crippen LogP contribution < -0.4 is 10.2 Å². The van der Waals surface area contributed by atoms with E-state index in [-0.39, 0.29) is 18.1 Å². The first-order valence-electron chi connectivity index (χ1n) is 8.31. The number of hydrogen-bond acceptors (Lipinski definition) is 3. The number of carbonyl (C=O) groups excluding carboxylic acids is 1. The van der Waals surface area contributed by atoms with Crippen molar-refractivity contribution in [3.05, 3.63) is 58.3 Å². The van der Waals surface area contributed by atoms with Crippen LogP contribution >= 0.6 is 15.9 Å². The number of nitrogens with one attached hydrogen (secondary N) is 1. The summed E-state index contributed by atoms with van der Waals surface area (Å²) in [6, 6.07) is 13.0. The Bertz CT molecular complexity index is 760. The summed E-state index contributed by atoms with van der Waals surface area (Å²) in [4.78, 5) is 16.6. The number of piperazine rings is 1. The maximum absolute atomic E-state index is 13.8. The van der Waals surface area contributed by atoms with Crippen LogP contribution in [0.25, 0.3) is 0 Å². The van der Waals surface area contributed by atoms with E-state index in [9.17, 15) is 9.18 Å². The van der Waals surface area contributed by atoms with Crippen LogP contribution in [-0.2, 0) is 4.79 Å². The van der Waals surface area contributed by atoms with Crippen molar-refractivity contribution in [3.63, 3.8) is 0 Å². The maximum atomic E-state index is 13.8. The Labute approximate surface area is 155 Å². The molecule has 3 rings (SSSR count). The number of para-hydroxylation sites is 1. The van der Waals surface area contributed by atoms with Crippen LogP contribution in [0.2, 0.25) is 0 Å². The quantitative estimate of drug-likeness (QED) is 0.842. The lowest BCUT2D eigenvalue weighted by atomic mass is 10.1. The van der Waals surface area contributed by atoms with Crippen LogP contribution in [0.1, 0.15) is 5.56 Å². The third kappa shape index (κ3) is 4.58. The standard InChI is InChI=1S/C19H21BrFN3O/c1-14-4-2-3-5-18(14)24-10-8-23(9-11-24)13-19(25)22-17-7-6-15(20)12-16(17)21/h2-7,12H,8-11,13H2,1H3,(H,22,25). The smallest absolute Gasteiger partial charge is 0.238 e. The number of carbonyl (C=O) groups is 1. The zero-order valence-corrected chi connectivity index (χ0v) is 15.7. The van der Waals surface area contributed by atoms with Crippen molar-refractivity contribution in [2.45, 2.75) is 6.92 Å². The van der Waals surface area contributed by atoms with E-state index in [1.807, 2.05) is 6.07 Å². The van der Waals surface area contributed by atoms with E-state index in [0.717, 1.165) is 26.2 Å². The predicted octanol–water partition coefficient (Wildman–Crippen LogP) is 3.66. The van der Waals surface area contributed by atoms with E-state index < -0.39 is 5.82 Å². The third-order valence-electron chi connectivity index (χ3n) is 4.40. The van der Waals surface area contributed by atoms with Gasteiger partial charge in [0.2, 0.25) is 5.91 Å². The van der Waals surface area contributed by atoms with Gasteiger partial charge in [0.25, 0.3) is 0 Å². The first-order valence-corrected chi connectivity index (χ1v) is 9.10. The molecule has 1 N–H and O–H groups in total. The van der Waals surface area contributed by atoms with Gasteiger partial charge in [-0.25, -0.2) is 4.39 Å². The van der Waals surface area contributed by atoms with Gasteiger partial charge in [-0.15, -0.1) is 0 Å². The molecule has 0 bridgehead atoms. The fraction of sp³-hybridized carbons (Fsp3) is 0.316. The average Bonchev–Trinajstić information content (AvgIpc) is 2.59. The van der Waals surface area contributed by atoms with Crippen molar-refractivity contribution in [3.8, 4) is 0 Å². The Morgan fingerprint density at radius 2 is 1.88 bits per heavy atom. The van der Waals surface area contributed by atoms with Gasteiger partial charge in [-0.3, -0.25) is 9.69 Å². The van der Waals surface area contributed by atoms with Crippen molar-refractivity contribution < 1.29 is 9.18 Å². The monoisotopic (exact) mass is 405 g/mol. The summed E-state index contributed by atoms with van der Waals surface area (Å²) in [6.45, 7) is 5.77. The van der Waals surface area contributed by atoms with E-state index in [0.29, 0.717) is 4.47 Å². The lowest BCUT2D eigenvalue weighted by molar-refractivity contribution is -0.117. The van der Waals surface area contributed by atoms with Gasteiger partial charge in [-0.2, -0.15) is 0 Å². The second-order valence-electron chi connectivity index (χ2n) is 6.22. The lowest BCUT2D eigenvalue weighted by Gasteiger charge is -2.36. The van der Waals surface area contributed by atoms with Crippen LogP contribution in [-0.4, -0.2) is 43.5 Å². The largest absolute Gasteiger partial charge is 0.369 e. The van der Waals surface area contributed by atoms with Gasteiger partial charge in [0.05, 0.1) is 12.2 Å². The van der Waals surface area contributed by atoms with Gasteiger partial charge < -0.3 is 10.2 Å². The van der Waals surface area contributed by atoms with Crippen LogP contribution in [0.4, 0.5) is 15.8 Å². The minimum absolute atomic E-state index is 0.189.